The van der Waals surface area contributed by atoms with E-state index in [9.17, 15) is 13.2 Å². The number of nitrogens with one attached hydrogen (secondary N) is 1. The van der Waals surface area contributed by atoms with Crippen LogP contribution in [0.3, 0.4) is 0 Å². The van der Waals surface area contributed by atoms with Gasteiger partial charge in [-0.1, -0.05) is 17.7 Å². The van der Waals surface area contributed by atoms with Crippen molar-refractivity contribution >= 4 is 28.3 Å². The highest BCUT2D eigenvalue weighted by Crippen LogP contribution is 2.43. The molecule has 170 valence electrons. The summed E-state index contributed by atoms with van der Waals surface area (Å²) in [5.41, 5.74) is 10.0. The van der Waals surface area contributed by atoms with Gasteiger partial charge in [-0.3, -0.25) is 0 Å². The lowest BCUT2D eigenvalue weighted by molar-refractivity contribution is 0.501. The average molecular weight is 472 g/mol. The summed E-state index contributed by atoms with van der Waals surface area (Å²) >= 11 is 6.58. The van der Waals surface area contributed by atoms with Gasteiger partial charge in [-0.25, -0.2) is 23.1 Å². The van der Waals surface area contributed by atoms with Crippen LogP contribution < -0.4 is 10.6 Å². The van der Waals surface area contributed by atoms with E-state index in [1.165, 1.54) is 12.1 Å². The van der Waals surface area contributed by atoms with E-state index in [2.05, 4.69) is 19.9 Å². The quantitative estimate of drug-likeness (QED) is 0.382. The first-order valence-corrected chi connectivity index (χ1v) is 11.0. The molecule has 2 aromatic carbocycles. The summed E-state index contributed by atoms with van der Waals surface area (Å²) in [6, 6.07) is 6.96. The fraction of sp³-hybridized carbons (Fsp3) is 0.250. The molecule has 0 spiro atoms. The number of aryl methyl sites for hydroxylation is 1. The first kappa shape index (κ1) is 21.7. The number of anilines is 1. The third kappa shape index (κ3) is 4.05. The molecule has 0 atom stereocenters. The van der Waals surface area contributed by atoms with Gasteiger partial charge in [0.15, 0.2) is 11.6 Å². The number of aromatic nitrogens is 3. The van der Waals surface area contributed by atoms with Crippen LogP contribution >= 0.6 is 11.6 Å². The molecule has 1 fully saturated rings. The first-order valence-electron chi connectivity index (χ1n) is 10.6. The Labute approximate surface area is 193 Å². The van der Waals surface area contributed by atoms with Crippen molar-refractivity contribution in [2.75, 3.05) is 18.0 Å². The Hall–Kier alpha value is -3.10. The van der Waals surface area contributed by atoms with Crippen LogP contribution in [0.2, 0.25) is 5.15 Å². The minimum absolute atomic E-state index is 0.0963. The highest BCUT2D eigenvalue weighted by atomic mass is 35.5. The van der Waals surface area contributed by atoms with E-state index >= 15 is 0 Å². The Balaban J connectivity index is 1.76. The number of hydrogen-bond donors (Lipinski definition) is 2. The highest BCUT2D eigenvalue weighted by molar-refractivity contribution is 6.33. The van der Waals surface area contributed by atoms with Crippen molar-refractivity contribution in [2.24, 2.45) is 5.73 Å². The van der Waals surface area contributed by atoms with Gasteiger partial charge in [-0.2, -0.15) is 0 Å². The molecule has 0 bridgehead atoms. The number of aromatic amines is 1. The minimum atomic E-state index is -0.987. The number of H-pyrrole nitrogens is 1. The van der Waals surface area contributed by atoms with Crippen LogP contribution in [0.4, 0.5) is 18.9 Å². The molecular weight excluding hydrogens is 451 g/mol. The van der Waals surface area contributed by atoms with E-state index < -0.39 is 11.6 Å². The number of nitrogens with two attached hydrogens (primary N) is 1. The van der Waals surface area contributed by atoms with Gasteiger partial charge < -0.3 is 15.6 Å². The maximum Gasteiger partial charge on any atom is 0.161 e. The molecule has 9 heteroatoms. The van der Waals surface area contributed by atoms with Crippen molar-refractivity contribution in [3.8, 4) is 22.5 Å². The summed E-state index contributed by atoms with van der Waals surface area (Å²) in [7, 11) is 0. The maximum absolute atomic E-state index is 14.3. The van der Waals surface area contributed by atoms with E-state index in [4.69, 9.17) is 17.3 Å². The Morgan fingerprint density at radius 3 is 2.52 bits per heavy atom. The number of nitrogens with zero attached hydrogens (tertiary/aromatic N) is 3. The lowest BCUT2D eigenvalue weighted by atomic mass is 9.97. The number of rotatable bonds is 3. The fourth-order valence-electron chi connectivity index (χ4n) is 4.37. The largest absolute Gasteiger partial charge is 0.370 e. The molecule has 2 aromatic heterocycles. The standard InChI is InChI=1S/C24H21ClF3N5/c1-12-6-13(8-14(26)7-12)16-11-30-23(25)21(22(16)33-4-2-15(29)3-5-33)24-31-19-9-17(27)18(28)10-20(19)32-24/h6-11,15H,2-5,29H2,1H3,(H,31,32). The number of imidazole rings is 1. The van der Waals surface area contributed by atoms with Crippen molar-refractivity contribution in [3.63, 3.8) is 0 Å². The first-order chi connectivity index (χ1) is 15.8. The molecule has 3 heterocycles. The van der Waals surface area contributed by atoms with Crippen molar-refractivity contribution in [1.29, 1.82) is 0 Å². The van der Waals surface area contributed by atoms with Crippen LogP contribution in [0.15, 0.2) is 36.5 Å². The summed E-state index contributed by atoms with van der Waals surface area (Å²) in [5, 5.41) is 0.178. The van der Waals surface area contributed by atoms with Crippen LogP contribution in [-0.2, 0) is 0 Å². The van der Waals surface area contributed by atoms with Crippen LogP contribution in [-0.4, -0.2) is 34.1 Å². The van der Waals surface area contributed by atoms with Crippen LogP contribution in [0, 0.1) is 24.4 Å². The molecule has 0 saturated carbocycles. The molecule has 3 N–H and O–H groups in total. The number of halogens is 4. The SMILES string of the molecule is Cc1cc(F)cc(-c2cnc(Cl)c(-c3nc4cc(F)c(F)cc4[nH]3)c2N2CCC(N)CC2)c1. The fourth-order valence-corrected chi connectivity index (χ4v) is 4.59. The van der Waals surface area contributed by atoms with Gasteiger partial charge >= 0.3 is 0 Å². The predicted octanol–water partition coefficient (Wildman–Crippen LogP) is 5.60. The van der Waals surface area contributed by atoms with Crippen LogP contribution in [0.25, 0.3) is 33.5 Å². The minimum Gasteiger partial charge on any atom is -0.370 e. The van der Waals surface area contributed by atoms with Crippen molar-refractivity contribution in [2.45, 2.75) is 25.8 Å². The number of hydrogen-bond acceptors (Lipinski definition) is 4. The second-order valence-corrected chi connectivity index (χ2v) is 8.75. The van der Waals surface area contributed by atoms with Crippen LogP contribution in [0.5, 0.6) is 0 Å². The van der Waals surface area contributed by atoms with E-state index in [0.29, 0.717) is 41.1 Å². The Morgan fingerprint density at radius 1 is 1.06 bits per heavy atom. The van der Waals surface area contributed by atoms with Gasteiger partial charge in [0.2, 0.25) is 0 Å². The second-order valence-electron chi connectivity index (χ2n) is 8.40. The number of fused-ring (bicyclic) bond motifs is 1. The molecule has 1 saturated heterocycles. The maximum atomic E-state index is 14.3. The molecule has 33 heavy (non-hydrogen) atoms. The van der Waals surface area contributed by atoms with Gasteiger partial charge in [0.1, 0.15) is 16.8 Å². The highest BCUT2D eigenvalue weighted by Gasteiger charge is 2.27. The summed E-state index contributed by atoms with van der Waals surface area (Å²) in [5.74, 6) is -2.00. The molecule has 0 unspecified atom stereocenters. The molecule has 5 nitrogen and oxygen atoms in total. The second kappa shape index (κ2) is 8.35. The molecule has 5 rings (SSSR count). The number of benzene rings is 2. The average Bonchev–Trinajstić information content (AvgIpc) is 3.15. The molecule has 1 aliphatic rings. The molecule has 0 aliphatic carbocycles. The van der Waals surface area contributed by atoms with Gasteiger partial charge in [-0.05, 0) is 43.0 Å². The Kier molecular flexibility index (Phi) is 5.50. The Morgan fingerprint density at radius 2 is 1.79 bits per heavy atom. The van der Waals surface area contributed by atoms with E-state index in [1.54, 1.807) is 6.20 Å². The molecule has 0 amide bonds. The number of piperidine rings is 1. The van der Waals surface area contributed by atoms with E-state index in [1.807, 2.05) is 13.0 Å². The smallest absolute Gasteiger partial charge is 0.161 e. The molecular formula is C24H21ClF3N5. The van der Waals surface area contributed by atoms with Gasteiger partial charge in [0.25, 0.3) is 0 Å². The zero-order valence-corrected chi connectivity index (χ0v) is 18.6. The molecule has 0 radical (unpaired) electrons. The van der Waals surface area contributed by atoms with Gasteiger partial charge in [-0.15, -0.1) is 0 Å². The van der Waals surface area contributed by atoms with Gasteiger partial charge in [0.05, 0.1) is 22.3 Å². The topological polar surface area (TPSA) is 70.8 Å². The van der Waals surface area contributed by atoms with Crippen molar-refractivity contribution in [1.82, 2.24) is 15.0 Å². The monoisotopic (exact) mass is 471 g/mol. The van der Waals surface area contributed by atoms with Crippen molar-refractivity contribution < 1.29 is 13.2 Å². The third-order valence-corrected chi connectivity index (χ3v) is 6.26. The summed E-state index contributed by atoms with van der Waals surface area (Å²) in [4.78, 5) is 14.0. The summed E-state index contributed by atoms with van der Waals surface area (Å²) in [6.07, 6.45) is 3.17. The molecule has 1 aliphatic heterocycles. The number of pyridine rings is 1. The third-order valence-electron chi connectivity index (χ3n) is 5.97. The van der Waals surface area contributed by atoms with E-state index in [-0.39, 0.29) is 22.5 Å². The van der Waals surface area contributed by atoms with Gasteiger partial charge in [0, 0.05) is 43.0 Å². The van der Waals surface area contributed by atoms with Crippen LogP contribution in [0.1, 0.15) is 18.4 Å². The summed E-state index contributed by atoms with van der Waals surface area (Å²) < 4.78 is 41.9. The molecule has 4 aromatic rings. The lowest BCUT2D eigenvalue weighted by Gasteiger charge is -2.34. The lowest BCUT2D eigenvalue weighted by Crippen LogP contribution is -2.40. The summed E-state index contributed by atoms with van der Waals surface area (Å²) in [6.45, 7) is 3.15. The predicted molar refractivity (Wildman–Crippen MR) is 124 cm³/mol. The zero-order valence-electron chi connectivity index (χ0n) is 17.8. The van der Waals surface area contributed by atoms with E-state index in [0.717, 1.165) is 36.2 Å². The Bertz CT molecular complexity index is 1300. The zero-order chi connectivity index (χ0) is 23.3. The van der Waals surface area contributed by atoms with Crippen molar-refractivity contribution in [3.05, 3.63) is 64.7 Å². The normalized spacial score (nSPS) is 14.9.